The first-order chi connectivity index (χ1) is 16.1. The molecular formula is C22H38N4O9. The molecule has 13 heteroatoms. The third-order valence-electron chi connectivity index (χ3n) is 4.94. The third kappa shape index (κ3) is 13.9. The van der Waals surface area contributed by atoms with Crippen molar-refractivity contribution in [2.45, 2.75) is 90.4 Å². The summed E-state index contributed by atoms with van der Waals surface area (Å²) >= 11 is 0. The molecule has 0 fully saturated rings. The van der Waals surface area contributed by atoms with E-state index in [-0.39, 0.29) is 31.1 Å². The van der Waals surface area contributed by atoms with Crippen molar-refractivity contribution in [3.63, 3.8) is 0 Å². The normalized spacial score (nSPS) is 14.5. The molecular weight excluding hydrogens is 464 g/mol. The highest BCUT2D eigenvalue weighted by atomic mass is 16.4. The smallest absolute Gasteiger partial charge is 0.326 e. The fourth-order valence-corrected chi connectivity index (χ4v) is 3.20. The summed E-state index contributed by atoms with van der Waals surface area (Å²) in [4.78, 5) is 71.4. The summed E-state index contributed by atoms with van der Waals surface area (Å²) in [7, 11) is 0. The second-order valence-corrected chi connectivity index (χ2v) is 9.25. The van der Waals surface area contributed by atoms with E-state index in [2.05, 4.69) is 16.0 Å². The van der Waals surface area contributed by atoms with Crippen molar-refractivity contribution < 1.29 is 44.1 Å². The molecule has 4 atom stereocenters. The van der Waals surface area contributed by atoms with E-state index >= 15 is 0 Å². The number of carbonyl (C=O) groups is 6. The quantitative estimate of drug-likeness (QED) is 0.137. The van der Waals surface area contributed by atoms with E-state index in [0.717, 1.165) is 0 Å². The Bertz CT molecular complexity index is 770. The lowest BCUT2D eigenvalue weighted by Gasteiger charge is -2.26. The molecule has 13 nitrogen and oxygen atoms in total. The summed E-state index contributed by atoms with van der Waals surface area (Å²) < 4.78 is 0. The van der Waals surface area contributed by atoms with Crippen LogP contribution in [0.5, 0.6) is 0 Å². The highest BCUT2D eigenvalue weighted by Crippen LogP contribution is 2.09. The van der Waals surface area contributed by atoms with E-state index in [1.54, 1.807) is 13.8 Å². The Morgan fingerprint density at radius 1 is 0.629 bits per heavy atom. The van der Waals surface area contributed by atoms with Crippen LogP contribution in [0.3, 0.4) is 0 Å². The second-order valence-electron chi connectivity index (χ2n) is 9.25. The molecule has 0 radical (unpaired) electrons. The van der Waals surface area contributed by atoms with Crippen LogP contribution in [0.4, 0.5) is 0 Å². The van der Waals surface area contributed by atoms with Crippen LogP contribution < -0.4 is 21.7 Å². The van der Waals surface area contributed by atoms with E-state index < -0.39 is 72.6 Å². The minimum absolute atomic E-state index is 0.101. The number of aliphatic carboxylic acids is 3. The van der Waals surface area contributed by atoms with Gasteiger partial charge in [-0.3, -0.25) is 24.0 Å². The van der Waals surface area contributed by atoms with Gasteiger partial charge in [-0.25, -0.2) is 4.79 Å². The molecule has 0 unspecified atom stereocenters. The first-order valence-electron chi connectivity index (χ1n) is 11.5. The lowest BCUT2D eigenvalue weighted by molar-refractivity contribution is -0.143. The standard InChI is InChI=1S/C22H38N4O9/c1-11(2)9-13(23)19(31)24-14(5-7-17(27)28)20(32)26-16(10-12(3)4)21(33)25-15(22(34)35)6-8-18(29)30/h11-16H,5-10,23H2,1-4H3,(H,24,31)(H,25,33)(H,26,32)(H,27,28)(H,29,30)(H,34,35)/t13-,14-,15-,16-/m0/s1. The summed E-state index contributed by atoms with van der Waals surface area (Å²) in [6, 6.07) is -4.90. The van der Waals surface area contributed by atoms with Gasteiger partial charge in [-0.05, 0) is 37.5 Å². The number of carboxylic acids is 3. The van der Waals surface area contributed by atoms with Crippen LogP contribution >= 0.6 is 0 Å². The first kappa shape index (κ1) is 31.8. The molecule has 0 aromatic rings. The predicted molar refractivity (Wildman–Crippen MR) is 124 cm³/mol. The van der Waals surface area contributed by atoms with Crippen molar-refractivity contribution in [3.05, 3.63) is 0 Å². The maximum Gasteiger partial charge on any atom is 0.326 e. The lowest BCUT2D eigenvalue weighted by Crippen LogP contribution is -2.57. The van der Waals surface area contributed by atoms with Gasteiger partial charge in [0.2, 0.25) is 17.7 Å². The van der Waals surface area contributed by atoms with Crippen LogP contribution in [0.1, 0.15) is 66.2 Å². The number of nitrogens with two attached hydrogens (primary N) is 1. The fourth-order valence-electron chi connectivity index (χ4n) is 3.20. The molecule has 8 N–H and O–H groups in total. The maximum atomic E-state index is 12.9. The number of rotatable bonds is 17. The lowest BCUT2D eigenvalue weighted by atomic mass is 10.0. The van der Waals surface area contributed by atoms with Gasteiger partial charge in [0, 0.05) is 12.8 Å². The second kappa shape index (κ2) is 15.6. The van der Waals surface area contributed by atoms with Gasteiger partial charge < -0.3 is 37.0 Å². The van der Waals surface area contributed by atoms with Crippen molar-refractivity contribution in [2.24, 2.45) is 17.6 Å². The first-order valence-corrected chi connectivity index (χ1v) is 11.5. The minimum Gasteiger partial charge on any atom is -0.481 e. The molecule has 3 amide bonds. The van der Waals surface area contributed by atoms with Gasteiger partial charge in [0.15, 0.2) is 0 Å². The zero-order chi connectivity index (χ0) is 27.3. The maximum absolute atomic E-state index is 12.9. The van der Waals surface area contributed by atoms with Gasteiger partial charge in [-0.2, -0.15) is 0 Å². The monoisotopic (exact) mass is 502 g/mol. The van der Waals surface area contributed by atoms with Gasteiger partial charge >= 0.3 is 17.9 Å². The topological polar surface area (TPSA) is 225 Å². The van der Waals surface area contributed by atoms with Crippen LogP contribution in [0.25, 0.3) is 0 Å². The Kier molecular flexibility index (Phi) is 14.2. The molecule has 0 bridgehead atoms. The molecule has 0 aliphatic heterocycles. The Morgan fingerprint density at radius 2 is 1.03 bits per heavy atom. The Morgan fingerprint density at radius 3 is 1.46 bits per heavy atom. The number of nitrogens with one attached hydrogen (secondary N) is 3. The van der Waals surface area contributed by atoms with Crippen molar-refractivity contribution in [1.29, 1.82) is 0 Å². The van der Waals surface area contributed by atoms with Crippen LogP contribution in [-0.4, -0.2) is 75.1 Å². The van der Waals surface area contributed by atoms with Crippen LogP contribution in [-0.2, 0) is 28.8 Å². The van der Waals surface area contributed by atoms with Crippen molar-refractivity contribution in [3.8, 4) is 0 Å². The third-order valence-corrected chi connectivity index (χ3v) is 4.94. The Hall–Kier alpha value is -3.22. The SMILES string of the molecule is CC(C)C[C@H](NC(=O)[C@H](CCC(=O)O)NC(=O)[C@@H](N)CC(C)C)C(=O)N[C@@H](CCC(=O)O)C(=O)O. The molecule has 0 aliphatic carbocycles. The summed E-state index contributed by atoms with van der Waals surface area (Å²) in [6.45, 7) is 7.25. The van der Waals surface area contributed by atoms with Crippen molar-refractivity contribution in [2.75, 3.05) is 0 Å². The number of amides is 3. The number of carbonyl (C=O) groups excluding carboxylic acids is 3. The molecule has 0 rings (SSSR count). The molecule has 0 aromatic heterocycles. The van der Waals surface area contributed by atoms with Crippen LogP contribution in [0.15, 0.2) is 0 Å². The summed E-state index contributed by atoms with van der Waals surface area (Å²) in [5.74, 6) is -6.18. The average Bonchev–Trinajstić information content (AvgIpc) is 2.71. The molecule has 0 spiro atoms. The molecule has 0 saturated heterocycles. The Balaban J connectivity index is 5.57. The molecule has 200 valence electrons. The highest BCUT2D eigenvalue weighted by molar-refractivity contribution is 5.94. The van der Waals surface area contributed by atoms with Crippen molar-refractivity contribution in [1.82, 2.24) is 16.0 Å². The zero-order valence-corrected chi connectivity index (χ0v) is 20.6. The summed E-state index contributed by atoms with van der Waals surface area (Å²) in [5, 5.41) is 34.2. The summed E-state index contributed by atoms with van der Waals surface area (Å²) in [6.07, 6.45) is -1.09. The van der Waals surface area contributed by atoms with Crippen LogP contribution in [0.2, 0.25) is 0 Å². The fraction of sp³-hybridized carbons (Fsp3) is 0.727. The molecule has 0 heterocycles. The number of carboxylic acid groups (broad SMARTS) is 3. The van der Waals surface area contributed by atoms with E-state index in [4.69, 9.17) is 15.9 Å². The van der Waals surface area contributed by atoms with Crippen LogP contribution in [0, 0.1) is 11.8 Å². The Labute approximate surface area is 204 Å². The highest BCUT2D eigenvalue weighted by Gasteiger charge is 2.31. The van der Waals surface area contributed by atoms with Gasteiger partial charge in [-0.15, -0.1) is 0 Å². The molecule has 0 aliphatic rings. The predicted octanol–water partition coefficient (Wildman–Crippen LogP) is -0.325. The van der Waals surface area contributed by atoms with E-state index in [1.165, 1.54) is 0 Å². The van der Waals surface area contributed by atoms with Gasteiger partial charge in [-0.1, -0.05) is 27.7 Å². The van der Waals surface area contributed by atoms with Gasteiger partial charge in [0.05, 0.1) is 6.04 Å². The van der Waals surface area contributed by atoms with E-state index in [0.29, 0.717) is 6.42 Å². The zero-order valence-electron chi connectivity index (χ0n) is 20.6. The minimum atomic E-state index is -1.48. The average molecular weight is 503 g/mol. The number of hydrogen-bond acceptors (Lipinski definition) is 7. The van der Waals surface area contributed by atoms with Gasteiger partial charge in [0.1, 0.15) is 18.1 Å². The summed E-state index contributed by atoms with van der Waals surface area (Å²) in [5.41, 5.74) is 5.85. The molecule has 0 saturated carbocycles. The molecule has 35 heavy (non-hydrogen) atoms. The molecule has 0 aromatic carbocycles. The van der Waals surface area contributed by atoms with E-state index in [1.807, 2.05) is 13.8 Å². The van der Waals surface area contributed by atoms with Crippen molar-refractivity contribution >= 4 is 35.6 Å². The number of hydrogen-bond donors (Lipinski definition) is 7. The largest absolute Gasteiger partial charge is 0.481 e. The van der Waals surface area contributed by atoms with E-state index in [9.17, 15) is 33.9 Å². The van der Waals surface area contributed by atoms with Gasteiger partial charge in [0.25, 0.3) is 0 Å².